The first-order chi connectivity index (χ1) is 6.88. The number of alkyl halides is 1. The fourth-order valence-electron chi connectivity index (χ4n) is 2.24. The third kappa shape index (κ3) is 2.50. The van der Waals surface area contributed by atoms with Crippen molar-refractivity contribution in [1.82, 2.24) is 9.55 Å². The van der Waals surface area contributed by atoms with Gasteiger partial charge in [0.15, 0.2) is 0 Å². The highest BCUT2D eigenvalue weighted by molar-refractivity contribution is 6.16. The fraction of sp³-hybridized carbons (Fsp3) is 0.727. The van der Waals surface area contributed by atoms with E-state index in [9.17, 15) is 0 Å². The molecule has 2 nitrogen and oxygen atoms in total. The first-order valence-corrected chi connectivity index (χ1v) is 5.98. The molecule has 78 valence electrons. The second-order valence-electron chi connectivity index (χ2n) is 4.20. The highest BCUT2D eigenvalue weighted by Crippen LogP contribution is 2.24. The first kappa shape index (κ1) is 10.0. The highest BCUT2D eigenvalue weighted by Gasteiger charge is 2.13. The van der Waals surface area contributed by atoms with E-state index in [0.717, 1.165) is 18.2 Å². The Morgan fingerprint density at radius 3 is 2.79 bits per heavy atom. The van der Waals surface area contributed by atoms with Crippen LogP contribution in [-0.4, -0.2) is 9.55 Å². The van der Waals surface area contributed by atoms with Gasteiger partial charge in [0.25, 0.3) is 0 Å². The molecule has 14 heavy (non-hydrogen) atoms. The Morgan fingerprint density at radius 1 is 1.36 bits per heavy atom. The van der Waals surface area contributed by atoms with Crippen molar-refractivity contribution in [3.8, 4) is 0 Å². The van der Waals surface area contributed by atoms with E-state index in [1.54, 1.807) is 0 Å². The summed E-state index contributed by atoms with van der Waals surface area (Å²) in [6.07, 6.45) is 11.0. The van der Waals surface area contributed by atoms with Gasteiger partial charge in [-0.1, -0.05) is 19.3 Å². The summed E-state index contributed by atoms with van der Waals surface area (Å²) < 4.78 is 2.19. The summed E-state index contributed by atoms with van der Waals surface area (Å²) in [5.74, 6) is 1.39. The molecule has 0 unspecified atom stereocenters. The quantitative estimate of drug-likeness (QED) is 0.704. The third-order valence-electron chi connectivity index (χ3n) is 3.02. The van der Waals surface area contributed by atoms with E-state index in [1.165, 1.54) is 32.1 Å². The molecule has 0 bridgehead atoms. The van der Waals surface area contributed by atoms with Crippen LogP contribution in [0.5, 0.6) is 0 Å². The molecule has 1 aromatic heterocycles. The Kier molecular flexibility index (Phi) is 3.46. The van der Waals surface area contributed by atoms with Gasteiger partial charge in [0.05, 0.1) is 17.9 Å². The van der Waals surface area contributed by atoms with E-state index in [0.29, 0.717) is 5.88 Å². The molecule has 3 heteroatoms. The zero-order chi connectivity index (χ0) is 9.80. The lowest BCUT2D eigenvalue weighted by Gasteiger charge is -2.21. The molecule has 0 saturated heterocycles. The van der Waals surface area contributed by atoms with Crippen molar-refractivity contribution in [3.63, 3.8) is 0 Å². The maximum Gasteiger partial charge on any atom is 0.0950 e. The van der Waals surface area contributed by atoms with Crippen LogP contribution in [0.3, 0.4) is 0 Å². The van der Waals surface area contributed by atoms with Gasteiger partial charge in [-0.25, -0.2) is 4.98 Å². The Hall–Kier alpha value is -0.500. The molecule has 1 fully saturated rings. The lowest BCUT2D eigenvalue weighted by molar-refractivity contribution is 0.319. The van der Waals surface area contributed by atoms with Gasteiger partial charge in [-0.05, 0) is 18.8 Å². The normalized spacial score (nSPS) is 18.6. The average molecular weight is 213 g/mol. The van der Waals surface area contributed by atoms with E-state index in [4.69, 9.17) is 11.6 Å². The van der Waals surface area contributed by atoms with Crippen molar-refractivity contribution in [2.75, 3.05) is 0 Å². The summed E-state index contributed by atoms with van der Waals surface area (Å²) in [7, 11) is 0. The van der Waals surface area contributed by atoms with Gasteiger partial charge >= 0.3 is 0 Å². The van der Waals surface area contributed by atoms with Crippen molar-refractivity contribution in [3.05, 3.63) is 18.2 Å². The Balaban J connectivity index is 1.89. The molecule has 1 aliphatic rings. The topological polar surface area (TPSA) is 17.8 Å². The molecule has 2 rings (SSSR count). The average Bonchev–Trinajstić information content (AvgIpc) is 2.67. The number of imidazole rings is 1. The molecule has 0 atom stereocenters. The molecular formula is C11H17ClN2. The van der Waals surface area contributed by atoms with Gasteiger partial charge in [0.1, 0.15) is 0 Å². The summed E-state index contributed by atoms with van der Waals surface area (Å²) in [6.45, 7) is 1.13. The van der Waals surface area contributed by atoms with Crippen molar-refractivity contribution in [2.24, 2.45) is 5.92 Å². The van der Waals surface area contributed by atoms with E-state index in [2.05, 4.69) is 15.7 Å². The molecule has 1 heterocycles. The molecule has 1 aliphatic carbocycles. The number of halogens is 1. The SMILES string of the molecule is ClCc1cn(CC2CCCCC2)cn1. The largest absolute Gasteiger partial charge is 0.337 e. The Labute approximate surface area is 90.3 Å². The monoisotopic (exact) mass is 212 g/mol. The second-order valence-corrected chi connectivity index (χ2v) is 4.47. The molecule has 0 aromatic carbocycles. The number of aromatic nitrogens is 2. The van der Waals surface area contributed by atoms with Crippen LogP contribution in [0.25, 0.3) is 0 Å². The molecule has 1 saturated carbocycles. The zero-order valence-electron chi connectivity index (χ0n) is 8.45. The minimum Gasteiger partial charge on any atom is -0.337 e. The maximum atomic E-state index is 5.71. The van der Waals surface area contributed by atoms with Crippen LogP contribution in [0.15, 0.2) is 12.5 Å². The minimum absolute atomic E-state index is 0.525. The Morgan fingerprint density at radius 2 is 2.14 bits per heavy atom. The Bertz CT molecular complexity index is 277. The predicted molar refractivity (Wildman–Crippen MR) is 58.4 cm³/mol. The van der Waals surface area contributed by atoms with Gasteiger partial charge in [-0.2, -0.15) is 0 Å². The van der Waals surface area contributed by atoms with E-state index in [1.807, 2.05) is 6.33 Å². The van der Waals surface area contributed by atoms with Crippen LogP contribution in [0, 0.1) is 5.92 Å². The molecule has 1 aromatic rings. The van der Waals surface area contributed by atoms with Crippen LogP contribution < -0.4 is 0 Å². The maximum absolute atomic E-state index is 5.71. The van der Waals surface area contributed by atoms with Gasteiger partial charge in [0, 0.05) is 12.7 Å². The van der Waals surface area contributed by atoms with Gasteiger partial charge in [0.2, 0.25) is 0 Å². The summed E-state index contributed by atoms with van der Waals surface area (Å²) in [5, 5.41) is 0. The van der Waals surface area contributed by atoms with Crippen LogP contribution >= 0.6 is 11.6 Å². The molecule has 0 amide bonds. The van der Waals surface area contributed by atoms with Crippen LogP contribution in [-0.2, 0) is 12.4 Å². The minimum atomic E-state index is 0.525. The second kappa shape index (κ2) is 4.83. The molecule has 0 N–H and O–H groups in total. The smallest absolute Gasteiger partial charge is 0.0950 e. The lowest BCUT2D eigenvalue weighted by Crippen LogP contribution is -2.12. The molecular weight excluding hydrogens is 196 g/mol. The number of rotatable bonds is 3. The zero-order valence-corrected chi connectivity index (χ0v) is 9.21. The summed E-state index contributed by atoms with van der Waals surface area (Å²) in [5.41, 5.74) is 0.988. The standard InChI is InChI=1S/C11H17ClN2/c12-6-11-8-14(9-13-11)7-10-4-2-1-3-5-10/h8-10H,1-7H2. The van der Waals surface area contributed by atoms with Crippen LogP contribution in [0.1, 0.15) is 37.8 Å². The van der Waals surface area contributed by atoms with Gasteiger partial charge < -0.3 is 4.57 Å². The molecule has 0 aliphatic heterocycles. The summed E-state index contributed by atoms with van der Waals surface area (Å²) in [4.78, 5) is 4.23. The predicted octanol–water partition coefficient (Wildman–Crippen LogP) is 3.20. The summed E-state index contributed by atoms with van der Waals surface area (Å²) in [6, 6.07) is 0. The number of hydrogen-bond donors (Lipinski definition) is 0. The highest BCUT2D eigenvalue weighted by atomic mass is 35.5. The molecule has 0 radical (unpaired) electrons. The first-order valence-electron chi connectivity index (χ1n) is 5.45. The van der Waals surface area contributed by atoms with Gasteiger partial charge in [-0.3, -0.25) is 0 Å². The fourth-order valence-corrected chi connectivity index (χ4v) is 2.38. The lowest BCUT2D eigenvalue weighted by atomic mass is 9.89. The van der Waals surface area contributed by atoms with Crippen LogP contribution in [0.4, 0.5) is 0 Å². The number of nitrogens with zero attached hydrogens (tertiary/aromatic N) is 2. The van der Waals surface area contributed by atoms with Crippen molar-refractivity contribution in [2.45, 2.75) is 44.5 Å². The number of hydrogen-bond acceptors (Lipinski definition) is 1. The molecule has 0 spiro atoms. The van der Waals surface area contributed by atoms with E-state index in [-0.39, 0.29) is 0 Å². The third-order valence-corrected chi connectivity index (χ3v) is 3.29. The van der Waals surface area contributed by atoms with Crippen molar-refractivity contribution >= 4 is 11.6 Å². The van der Waals surface area contributed by atoms with E-state index < -0.39 is 0 Å². The van der Waals surface area contributed by atoms with E-state index >= 15 is 0 Å². The van der Waals surface area contributed by atoms with Crippen molar-refractivity contribution < 1.29 is 0 Å². The van der Waals surface area contributed by atoms with Gasteiger partial charge in [-0.15, -0.1) is 11.6 Å². The summed E-state index contributed by atoms with van der Waals surface area (Å²) >= 11 is 5.71. The van der Waals surface area contributed by atoms with Crippen LogP contribution in [0.2, 0.25) is 0 Å². The van der Waals surface area contributed by atoms with Crippen molar-refractivity contribution in [1.29, 1.82) is 0 Å².